The fraction of sp³-hybridized carbons (Fsp3) is 0.667. The molecule has 2 nitrogen and oxygen atoms in total. The number of aryl methyl sites for hydroxylation is 1. The van der Waals surface area contributed by atoms with Crippen molar-refractivity contribution in [2.45, 2.75) is 38.3 Å². The summed E-state index contributed by atoms with van der Waals surface area (Å²) in [6, 6.07) is 2.92. The minimum atomic E-state index is 0.275. The topological polar surface area (TPSA) is 29.3 Å². The van der Waals surface area contributed by atoms with Crippen molar-refractivity contribution >= 4 is 27.3 Å². The largest absolute Gasteiger partial charge is 0.326 e. The smallest absolute Gasteiger partial charge is 0.0591 e. The van der Waals surface area contributed by atoms with Crippen LogP contribution in [-0.2, 0) is 0 Å². The van der Waals surface area contributed by atoms with Crippen molar-refractivity contribution in [1.82, 2.24) is 4.90 Å². The van der Waals surface area contributed by atoms with Gasteiger partial charge in [0.15, 0.2) is 0 Å². The van der Waals surface area contributed by atoms with E-state index in [2.05, 4.69) is 40.9 Å². The third-order valence-corrected chi connectivity index (χ3v) is 5.55. The summed E-state index contributed by atoms with van der Waals surface area (Å²) in [6.07, 6.45) is 3.67. The van der Waals surface area contributed by atoms with Crippen molar-refractivity contribution in [3.63, 3.8) is 0 Å². The van der Waals surface area contributed by atoms with Crippen LogP contribution >= 0.6 is 27.3 Å². The molecule has 0 amide bonds. The first-order valence-corrected chi connectivity index (χ1v) is 7.42. The lowest BCUT2D eigenvalue weighted by atomic mass is 10.0. The van der Waals surface area contributed by atoms with Gasteiger partial charge in [0.1, 0.15) is 0 Å². The molecule has 0 saturated carbocycles. The fourth-order valence-electron chi connectivity index (χ4n) is 2.42. The number of nitrogens with two attached hydrogens (primary N) is 1. The van der Waals surface area contributed by atoms with E-state index < -0.39 is 0 Å². The van der Waals surface area contributed by atoms with Gasteiger partial charge in [-0.1, -0.05) is 6.42 Å². The van der Waals surface area contributed by atoms with Crippen LogP contribution in [0.25, 0.3) is 0 Å². The Kier molecular flexibility index (Phi) is 4.06. The highest BCUT2D eigenvalue weighted by Gasteiger charge is 2.27. The summed E-state index contributed by atoms with van der Waals surface area (Å²) in [6.45, 7) is 3.31. The number of likely N-dealkylation sites (N-methyl/N-ethyl adjacent to an activating group) is 1. The Hall–Kier alpha value is 0.100. The highest BCUT2D eigenvalue weighted by atomic mass is 79.9. The molecule has 1 aromatic rings. The van der Waals surface area contributed by atoms with E-state index >= 15 is 0 Å². The van der Waals surface area contributed by atoms with Gasteiger partial charge in [0.25, 0.3) is 0 Å². The standard InChI is InChI=1S/C12H19BrN2S/c1-8-9(13)7-11(16-8)12-10(14)5-3-4-6-15(12)2/h7,10,12H,3-6,14H2,1-2H3. The van der Waals surface area contributed by atoms with Gasteiger partial charge in [-0.2, -0.15) is 0 Å². The molecule has 0 bridgehead atoms. The molecule has 0 spiro atoms. The number of hydrogen-bond acceptors (Lipinski definition) is 3. The van der Waals surface area contributed by atoms with Crippen LogP contribution in [0.1, 0.15) is 35.1 Å². The minimum Gasteiger partial charge on any atom is -0.326 e. The maximum absolute atomic E-state index is 6.31. The van der Waals surface area contributed by atoms with Gasteiger partial charge in [0.05, 0.1) is 6.04 Å². The van der Waals surface area contributed by atoms with Crippen LogP contribution in [0.3, 0.4) is 0 Å². The summed E-state index contributed by atoms with van der Waals surface area (Å²) < 4.78 is 1.22. The predicted octanol–water partition coefficient (Wildman–Crippen LogP) is 3.30. The van der Waals surface area contributed by atoms with Crippen LogP contribution in [0.15, 0.2) is 10.5 Å². The Balaban J connectivity index is 2.28. The lowest BCUT2D eigenvalue weighted by Gasteiger charge is -2.29. The van der Waals surface area contributed by atoms with Crippen LogP contribution in [0.4, 0.5) is 0 Å². The molecule has 2 N–H and O–H groups in total. The normalized spacial score (nSPS) is 28.0. The molecular formula is C12H19BrN2S. The van der Waals surface area contributed by atoms with E-state index in [1.54, 1.807) is 0 Å². The maximum atomic E-state index is 6.31. The summed E-state index contributed by atoms with van der Waals surface area (Å²) in [5.74, 6) is 0. The minimum absolute atomic E-state index is 0.275. The number of nitrogens with zero attached hydrogens (tertiary/aromatic N) is 1. The Morgan fingerprint density at radius 3 is 2.88 bits per heavy atom. The van der Waals surface area contributed by atoms with Crippen LogP contribution in [0.5, 0.6) is 0 Å². The monoisotopic (exact) mass is 302 g/mol. The molecular weight excluding hydrogens is 284 g/mol. The third-order valence-electron chi connectivity index (χ3n) is 3.35. The molecule has 0 aliphatic carbocycles. The van der Waals surface area contributed by atoms with Crippen molar-refractivity contribution in [2.24, 2.45) is 5.73 Å². The van der Waals surface area contributed by atoms with Gasteiger partial charge in [-0.05, 0) is 55.4 Å². The van der Waals surface area contributed by atoms with E-state index in [0.29, 0.717) is 6.04 Å². The first kappa shape index (κ1) is 12.6. The molecule has 90 valence electrons. The molecule has 2 unspecified atom stereocenters. The van der Waals surface area contributed by atoms with Gasteiger partial charge in [-0.15, -0.1) is 11.3 Å². The van der Waals surface area contributed by atoms with E-state index in [1.807, 2.05) is 11.3 Å². The molecule has 1 saturated heterocycles. The second-order valence-corrected chi connectivity index (χ2v) is 6.78. The third kappa shape index (κ3) is 2.50. The van der Waals surface area contributed by atoms with Crippen molar-refractivity contribution in [1.29, 1.82) is 0 Å². The van der Waals surface area contributed by atoms with Gasteiger partial charge in [0, 0.05) is 20.3 Å². The van der Waals surface area contributed by atoms with E-state index in [-0.39, 0.29) is 6.04 Å². The Labute approximate surface area is 110 Å². The molecule has 0 aromatic carbocycles. The summed E-state index contributed by atoms with van der Waals surface area (Å²) in [7, 11) is 2.19. The quantitative estimate of drug-likeness (QED) is 0.862. The zero-order valence-electron chi connectivity index (χ0n) is 9.87. The molecule has 2 rings (SSSR count). The van der Waals surface area contributed by atoms with Gasteiger partial charge in [-0.3, -0.25) is 4.90 Å². The van der Waals surface area contributed by atoms with Gasteiger partial charge in [-0.25, -0.2) is 0 Å². The predicted molar refractivity (Wildman–Crippen MR) is 74.0 cm³/mol. The molecule has 1 fully saturated rings. The second kappa shape index (κ2) is 5.17. The summed E-state index contributed by atoms with van der Waals surface area (Å²) >= 11 is 5.46. The molecule has 2 heterocycles. The maximum Gasteiger partial charge on any atom is 0.0591 e. The summed E-state index contributed by atoms with van der Waals surface area (Å²) in [5, 5.41) is 0. The number of likely N-dealkylation sites (tertiary alicyclic amines) is 1. The van der Waals surface area contributed by atoms with Gasteiger partial charge >= 0.3 is 0 Å². The molecule has 0 radical (unpaired) electrons. The number of halogens is 1. The molecule has 1 aliphatic heterocycles. The number of hydrogen-bond donors (Lipinski definition) is 1. The molecule has 16 heavy (non-hydrogen) atoms. The average Bonchev–Trinajstić information content (AvgIpc) is 2.45. The highest BCUT2D eigenvalue weighted by molar-refractivity contribution is 9.10. The Morgan fingerprint density at radius 2 is 2.25 bits per heavy atom. The van der Waals surface area contributed by atoms with E-state index in [0.717, 1.165) is 13.0 Å². The number of thiophene rings is 1. The molecule has 4 heteroatoms. The summed E-state index contributed by atoms with van der Waals surface area (Å²) in [5.41, 5.74) is 6.31. The number of rotatable bonds is 1. The first-order valence-electron chi connectivity index (χ1n) is 5.81. The lowest BCUT2D eigenvalue weighted by Crippen LogP contribution is -2.37. The van der Waals surface area contributed by atoms with Crippen LogP contribution in [0, 0.1) is 6.92 Å². The van der Waals surface area contributed by atoms with Crippen LogP contribution in [-0.4, -0.2) is 24.5 Å². The van der Waals surface area contributed by atoms with E-state index in [9.17, 15) is 0 Å². The van der Waals surface area contributed by atoms with Crippen molar-refractivity contribution < 1.29 is 0 Å². The Bertz CT molecular complexity index is 332. The Morgan fingerprint density at radius 1 is 1.50 bits per heavy atom. The first-order chi connectivity index (χ1) is 7.59. The molecule has 1 aromatic heterocycles. The van der Waals surface area contributed by atoms with E-state index in [1.165, 1.54) is 27.1 Å². The highest BCUT2D eigenvalue weighted by Crippen LogP contribution is 2.36. The van der Waals surface area contributed by atoms with Crippen molar-refractivity contribution in [3.05, 3.63) is 20.3 Å². The second-order valence-electron chi connectivity index (χ2n) is 4.64. The van der Waals surface area contributed by atoms with Crippen LogP contribution < -0.4 is 5.73 Å². The zero-order valence-corrected chi connectivity index (χ0v) is 12.3. The van der Waals surface area contributed by atoms with Crippen molar-refractivity contribution in [2.75, 3.05) is 13.6 Å². The lowest BCUT2D eigenvalue weighted by molar-refractivity contribution is 0.233. The van der Waals surface area contributed by atoms with E-state index in [4.69, 9.17) is 5.73 Å². The molecule has 2 atom stereocenters. The summed E-state index contributed by atoms with van der Waals surface area (Å²) in [4.78, 5) is 5.16. The zero-order chi connectivity index (χ0) is 11.7. The molecule has 1 aliphatic rings. The SMILES string of the molecule is Cc1sc(C2C(N)CCCCN2C)cc1Br. The fourth-order valence-corrected chi connectivity index (χ4v) is 4.22. The van der Waals surface area contributed by atoms with Crippen LogP contribution in [0.2, 0.25) is 0 Å². The van der Waals surface area contributed by atoms with Crippen molar-refractivity contribution in [3.8, 4) is 0 Å². The average molecular weight is 303 g/mol. The van der Waals surface area contributed by atoms with Gasteiger partial charge < -0.3 is 5.73 Å². The van der Waals surface area contributed by atoms with Gasteiger partial charge in [0.2, 0.25) is 0 Å².